The number of anilines is 1. The molecule has 1 amide bonds. The van der Waals surface area contributed by atoms with E-state index < -0.39 is 15.9 Å². The van der Waals surface area contributed by atoms with Gasteiger partial charge in [0.2, 0.25) is 15.9 Å². The molecule has 7 nitrogen and oxygen atoms in total. The third-order valence-electron chi connectivity index (χ3n) is 4.75. The number of halogens is 1. The molecule has 2 aromatic carbocycles. The summed E-state index contributed by atoms with van der Waals surface area (Å²) in [6, 6.07) is 12.6. The number of amides is 1. The lowest BCUT2D eigenvalue weighted by Gasteiger charge is -2.24. The molecule has 3 rings (SSSR count). The van der Waals surface area contributed by atoms with Gasteiger partial charge in [0.05, 0.1) is 17.6 Å². The highest BCUT2D eigenvalue weighted by atomic mass is 35.5. The number of imidazole rings is 1. The van der Waals surface area contributed by atoms with E-state index in [1.54, 1.807) is 31.3 Å². The fraction of sp³-hybridized carbons (Fsp3) is 0.238. The molecule has 9 heteroatoms. The molecule has 0 atom stereocenters. The molecule has 1 heterocycles. The summed E-state index contributed by atoms with van der Waals surface area (Å²) in [5, 5.41) is 3.25. The Morgan fingerprint density at radius 2 is 1.90 bits per heavy atom. The van der Waals surface area contributed by atoms with Crippen LogP contribution in [0.15, 0.2) is 54.9 Å². The number of hydrogen-bond donors (Lipinski definition) is 1. The Morgan fingerprint density at radius 3 is 2.57 bits per heavy atom. The fourth-order valence-electron chi connectivity index (χ4n) is 3.16. The van der Waals surface area contributed by atoms with Crippen molar-refractivity contribution < 1.29 is 13.2 Å². The lowest BCUT2D eigenvalue weighted by atomic mass is 10.1. The van der Waals surface area contributed by atoms with Crippen LogP contribution in [-0.4, -0.2) is 36.7 Å². The molecule has 30 heavy (non-hydrogen) atoms. The van der Waals surface area contributed by atoms with Gasteiger partial charge in [0, 0.05) is 24.0 Å². The molecule has 0 aliphatic carbocycles. The first-order valence-corrected chi connectivity index (χ1v) is 11.5. The number of carbonyl (C=O) groups excluding carboxylic acids is 1. The second kappa shape index (κ2) is 8.89. The molecular formula is C21H23ClN4O3S. The number of carbonyl (C=O) groups is 1. The summed E-state index contributed by atoms with van der Waals surface area (Å²) in [6.45, 7) is 3.52. The Labute approximate surface area is 181 Å². The van der Waals surface area contributed by atoms with Crippen molar-refractivity contribution in [2.45, 2.75) is 20.4 Å². The first-order chi connectivity index (χ1) is 14.2. The molecule has 0 fully saturated rings. The number of rotatable bonds is 7. The Balaban J connectivity index is 1.78. The fourth-order valence-corrected chi connectivity index (χ4v) is 4.23. The number of para-hydroxylation sites is 1. The van der Waals surface area contributed by atoms with E-state index in [-0.39, 0.29) is 13.1 Å². The van der Waals surface area contributed by atoms with Gasteiger partial charge in [0.25, 0.3) is 0 Å². The molecule has 0 aliphatic heterocycles. The summed E-state index contributed by atoms with van der Waals surface area (Å²) in [7, 11) is -3.68. The third kappa shape index (κ3) is 4.83. The lowest BCUT2D eigenvalue weighted by Crippen LogP contribution is -2.40. The first-order valence-electron chi connectivity index (χ1n) is 9.26. The second-order valence-corrected chi connectivity index (χ2v) is 9.22. The lowest BCUT2D eigenvalue weighted by molar-refractivity contribution is -0.119. The van der Waals surface area contributed by atoms with E-state index in [9.17, 15) is 13.2 Å². The number of benzene rings is 2. The molecule has 0 aliphatic rings. The van der Waals surface area contributed by atoms with Crippen molar-refractivity contribution in [3.63, 3.8) is 0 Å². The van der Waals surface area contributed by atoms with E-state index in [0.717, 1.165) is 27.6 Å². The molecule has 0 bridgehead atoms. The van der Waals surface area contributed by atoms with Gasteiger partial charge in [0.15, 0.2) is 0 Å². The van der Waals surface area contributed by atoms with Crippen molar-refractivity contribution in [2.24, 2.45) is 0 Å². The van der Waals surface area contributed by atoms with Gasteiger partial charge in [0.1, 0.15) is 12.4 Å². The van der Waals surface area contributed by atoms with Crippen molar-refractivity contribution in [1.82, 2.24) is 14.9 Å². The van der Waals surface area contributed by atoms with Gasteiger partial charge >= 0.3 is 0 Å². The predicted octanol–water partition coefficient (Wildman–Crippen LogP) is 3.22. The van der Waals surface area contributed by atoms with E-state index in [4.69, 9.17) is 11.6 Å². The molecular weight excluding hydrogens is 424 g/mol. The zero-order valence-electron chi connectivity index (χ0n) is 17.0. The van der Waals surface area contributed by atoms with Crippen molar-refractivity contribution in [3.05, 3.63) is 76.8 Å². The van der Waals surface area contributed by atoms with Crippen molar-refractivity contribution >= 4 is 33.2 Å². The standard InChI is InChI=1S/C21H23ClN4O3S/c1-15-18(22)8-6-10-19(15)26(30(3,28)29)14-21(27)24-13-17-7-4-5-9-20(17)25-12-11-23-16(25)2/h4-12H,13-14H2,1-3H3,(H,24,27). The average Bonchev–Trinajstić information content (AvgIpc) is 3.12. The Kier molecular flexibility index (Phi) is 6.48. The van der Waals surface area contributed by atoms with Crippen LogP contribution in [0.5, 0.6) is 0 Å². The van der Waals surface area contributed by atoms with E-state index in [0.29, 0.717) is 16.3 Å². The van der Waals surface area contributed by atoms with Gasteiger partial charge < -0.3 is 9.88 Å². The van der Waals surface area contributed by atoms with Crippen LogP contribution in [0.4, 0.5) is 5.69 Å². The molecule has 158 valence electrons. The second-order valence-electron chi connectivity index (χ2n) is 6.90. The van der Waals surface area contributed by atoms with Gasteiger partial charge in [-0.2, -0.15) is 0 Å². The minimum absolute atomic E-state index is 0.249. The zero-order valence-corrected chi connectivity index (χ0v) is 18.5. The predicted molar refractivity (Wildman–Crippen MR) is 119 cm³/mol. The quantitative estimate of drug-likeness (QED) is 0.603. The zero-order chi connectivity index (χ0) is 21.9. The van der Waals surface area contributed by atoms with Gasteiger partial charge in [-0.3, -0.25) is 9.10 Å². The van der Waals surface area contributed by atoms with E-state index in [1.165, 1.54) is 0 Å². The minimum atomic E-state index is -3.68. The summed E-state index contributed by atoms with van der Waals surface area (Å²) in [5.74, 6) is 0.408. The molecule has 0 unspecified atom stereocenters. The third-order valence-corrected chi connectivity index (χ3v) is 6.28. The summed E-state index contributed by atoms with van der Waals surface area (Å²) in [6.07, 6.45) is 4.63. The molecule has 0 spiro atoms. The molecule has 0 radical (unpaired) electrons. The molecule has 1 aromatic heterocycles. The Hall–Kier alpha value is -2.84. The number of sulfonamides is 1. The number of nitrogens with one attached hydrogen (secondary N) is 1. The summed E-state index contributed by atoms with van der Waals surface area (Å²) in [5.41, 5.74) is 2.77. The van der Waals surface area contributed by atoms with Gasteiger partial charge in [-0.15, -0.1) is 0 Å². The van der Waals surface area contributed by atoms with Crippen LogP contribution in [0.25, 0.3) is 5.69 Å². The highest BCUT2D eigenvalue weighted by Crippen LogP contribution is 2.28. The van der Waals surface area contributed by atoms with Crippen LogP contribution in [0.1, 0.15) is 17.0 Å². The normalized spacial score (nSPS) is 11.3. The summed E-state index contributed by atoms with van der Waals surface area (Å²) >= 11 is 6.14. The number of hydrogen-bond acceptors (Lipinski definition) is 4. The van der Waals surface area contributed by atoms with Crippen LogP contribution < -0.4 is 9.62 Å². The van der Waals surface area contributed by atoms with E-state index in [1.807, 2.05) is 42.0 Å². The molecule has 3 aromatic rings. The maximum Gasteiger partial charge on any atom is 0.241 e. The highest BCUT2D eigenvalue weighted by molar-refractivity contribution is 7.92. The van der Waals surface area contributed by atoms with E-state index >= 15 is 0 Å². The maximum atomic E-state index is 12.6. The van der Waals surface area contributed by atoms with Crippen molar-refractivity contribution in [3.8, 4) is 5.69 Å². The average molecular weight is 447 g/mol. The van der Waals surface area contributed by atoms with Crippen LogP contribution in [0.3, 0.4) is 0 Å². The smallest absolute Gasteiger partial charge is 0.241 e. The van der Waals surface area contributed by atoms with Crippen LogP contribution in [0, 0.1) is 13.8 Å². The van der Waals surface area contributed by atoms with Crippen molar-refractivity contribution in [2.75, 3.05) is 17.1 Å². The minimum Gasteiger partial charge on any atom is -0.350 e. The monoisotopic (exact) mass is 446 g/mol. The highest BCUT2D eigenvalue weighted by Gasteiger charge is 2.23. The summed E-state index contributed by atoms with van der Waals surface area (Å²) < 4.78 is 27.7. The Morgan fingerprint density at radius 1 is 1.17 bits per heavy atom. The van der Waals surface area contributed by atoms with Gasteiger partial charge in [-0.1, -0.05) is 35.9 Å². The Bertz CT molecular complexity index is 1170. The molecule has 1 N–H and O–H groups in total. The topological polar surface area (TPSA) is 84.3 Å². The molecule has 0 saturated carbocycles. The first kappa shape index (κ1) is 21.9. The van der Waals surface area contributed by atoms with Crippen LogP contribution >= 0.6 is 11.6 Å². The number of aryl methyl sites for hydroxylation is 1. The van der Waals surface area contributed by atoms with Crippen molar-refractivity contribution in [1.29, 1.82) is 0 Å². The number of nitrogens with zero attached hydrogens (tertiary/aromatic N) is 3. The van der Waals surface area contributed by atoms with Crippen LogP contribution in [-0.2, 0) is 21.4 Å². The number of aromatic nitrogens is 2. The summed E-state index contributed by atoms with van der Waals surface area (Å²) in [4.78, 5) is 16.9. The molecule has 0 saturated heterocycles. The maximum absolute atomic E-state index is 12.6. The van der Waals surface area contributed by atoms with Gasteiger partial charge in [-0.05, 0) is 43.2 Å². The largest absolute Gasteiger partial charge is 0.350 e. The van der Waals surface area contributed by atoms with Gasteiger partial charge in [-0.25, -0.2) is 13.4 Å². The van der Waals surface area contributed by atoms with E-state index in [2.05, 4.69) is 10.3 Å². The SMILES string of the molecule is Cc1c(Cl)cccc1N(CC(=O)NCc1ccccc1-n1ccnc1C)S(C)(=O)=O. The van der Waals surface area contributed by atoms with Crippen LogP contribution in [0.2, 0.25) is 5.02 Å².